The monoisotopic (exact) mass is 236 g/mol. The van der Waals surface area contributed by atoms with Crippen molar-refractivity contribution in [3.8, 4) is 6.07 Å². The fraction of sp³-hybridized carbons (Fsp3) is 0.583. The van der Waals surface area contributed by atoms with Crippen molar-refractivity contribution in [1.82, 2.24) is 5.32 Å². The molecule has 2 heterocycles. The molecular weight excluding hydrogens is 220 g/mol. The molecule has 0 aliphatic carbocycles. The molecule has 1 fully saturated rings. The zero-order valence-electron chi connectivity index (χ0n) is 9.24. The molecule has 4 heteroatoms. The Hall–Kier alpha value is -0.890. The molecule has 0 spiro atoms. The van der Waals surface area contributed by atoms with Crippen LogP contribution >= 0.6 is 11.3 Å². The Labute approximate surface area is 100 Å². The van der Waals surface area contributed by atoms with E-state index in [4.69, 9.17) is 10.00 Å². The molecule has 0 amide bonds. The number of nitrogens with one attached hydrogen (secondary N) is 1. The van der Waals surface area contributed by atoms with E-state index in [-0.39, 0.29) is 0 Å². The molecule has 1 saturated heterocycles. The summed E-state index contributed by atoms with van der Waals surface area (Å²) in [6.07, 6.45) is 2.34. The van der Waals surface area contributed by atoms with Gasteiger partial charge in [-0.3, -0.25) is 0 Å². The second-order valence-corrected chi connectivity index (χ2v) is 5.10. The van der Waals surface area contributed by atoms with E-state index < -0.39 is 0 Å². The van der Waals surface area contributed by atoms with E-state index in [9.17, 15) is 0 Å². The van der Waals surface area contributed by atoms with E-state index in [0.717, 1.165) is 37.8 Å². The zero-order valence-corrected chi connectivity index (χ0v) is 10.1. The van der Waals surface area contributed by atoms with Crippen LogP contribution in [0.1, 0.15) is 23.3 Å². The highest BCUT2D eigenvalue weighted by atomic mass is 32.1. The van der Waals surface area contributed by atoms with Crippen molar-refractivity contribution in [1.29, 1.82) is 5.26 Å². The molecule has 3 nitrogen and oxygen atoms in total. The van der Waals surface area contributed by atoms with Gasteiger partial charge in [0.05, 0.1) is 5.56 Å². The first-order valence-electron chi connectivity index (χ1n) is 5.64. The summed E-state index contributed by atoms with van der Waals surface area (Å²) in [5.41, 5.74) is 0.771. The Bertz CT molecular complexity index is 363. The maximum Gasteiger partial charge on any atom is 0.100 e. The van der Waals surface area contributed by atoms with Gasteiger partial charge in [-0.1, -0.05) is 0 Å². The Balaban J connectivity index is 1.69. The molecule has 0 saturated carbocycles. The van der Waals surface area contributed by atoms with Gasteiger partial charge in [0.1, 0.15) is 6.07 Å². The van der Waals surface area contributed by atoms with Gasteiger partial charge in [0.2, 0.25) is 0 Å². The lowest BCUT2D eigenvalue weighted by Gasteiger charge is -2.22. The normalized spacial score (nSPS) is 17.2. The van der Waals surface area contributed by atoms with Crippen LogP contribution in [0.2, 0.25) is 0 Å². The minimum Gasteiger partial charge on any atom is -0.381 e. The van der Waals surface area contributed by atoms with Crippen LogP contribution in [-0.4, -0.2) is 19.8 Å². The number of rotatable bonds is 4. The smallest absolute Gasteiger partial charge is 0.100 e. The van der Waals surface area contributed by atoms with Gasteiger partial charge in [0.25, 0.3) is 0 Å². The molecule has 0 atom stereocenters. The van der Waals surface area contributed by atoms with Crippen molar-refractivity contribution < 1.29 is 4.74 Å². The highest BCUT2D eigenvalue weighted by Crippen LogP contribution is 2.15. The fourth-order valence-electron chi connectivity index (χ4n) is 1.88. The highest BCUT2D eigenvalue weighted by molar-refractivity contribution is 7.10. The number of nitriles is 1. The number of hydrogen-bond donors (Lipinski definition) is 1. The van der Waals surface area contributed by atoms with Crippen molar-refractivity contribution in [3.05, 3.63) is 21.9 Å². The van der Waals surface area contributed by atoms with Crippen molar-refractivity contribution in [2.24, 2.45) is 5.92 Å². The summed E-state index contributed by atoms with van der Waals surface area (Å²) in [5.74, 6) is 0.754. The number of thiophene rings is 1. The van der Waals surface area contributed by atoms with Gasteiger partial charge in [0.15, 0.2) is 0 Å². The summed E-state index contributed by atoms with van der Waals surface area (Å²) in [5, 5.41) is 14.1. The molecule has 1 N–H and O–H groups in total. The van der Waals surface area contributed by atoms with Gasteiger partial charge >= 0.3 is 0 Å². The minimum atomic E-state index is 0.754. The van der Waals surface area contributed by atoms with E-state index in [0.29, 0.717) is 0 Å². The first-order chi connectivity index (χ1) is 7.88. The van der Waals surface area contributed by atoms with Crippen LogP contribution in [0.15, 0.2) is 11.4 Å². The molecule has 86 valence electrons. The van der Waals surface area contributed by atoms with Gasteiger partial charge < -0.3 is 10.1 Å². The van der Waals surface area contributed by atoms with Crippen LogP contribution in [-0.2, 0) is 11.3 Å². The lowest BCUT2D eigenvalue weighted by molar-refractivity contribution is 0.0662. The van der Waals surface area contributed by atoms with E-state index in [1.165, 1.54) is 17.7 Å². The van der Waals surface area contributed by atoms with Crippen molar-refractivity contribution in [3.63, 3.8) is 0 Å². The first-order valence-corrected chi connectivity index (χ1v) is 6.52. The Morgan fingerprint density at radius 2 is 2.31 bits per heavy atom. The molecule has 0 radical (unpaired) electrons. The van der Waals surface area contributed by atoms with Crippen LogP contribution in [0, 0.1) is 17.2 Å². The molecule has 2 rings (SSSR count). The van der Waals surface area contributed by atoms with Gasteiger partial charge in [-0.2, -0.15) is 5.26 Å². The summed E-state index contributed by atoms with van der Waals surface area (Å²) < 4.78 is 5.32. The van der Waals surface area contributed by atoms with Gasteiger partial charge in [-0.05, 0) is 31.4 Å². The molecule has 1 aliphatic heterocycles. The molecule has 0 aromatic carbocycles. The van der Waals surface area contributed by atoms with Crippen LogP contribution in [0.25, 0.3) is 0 Å². The second kappa shape index (κ2) is 6.00. The third-order valence-corrected chi connectivity index (χ3v) is 3.79. The lowest BCUT2D eigenvalue weighted by Crippen LogP contribution is -2.27. The summed E-state index contributed by atoms with van der Waals surface area (Å²) >= 11 is 1.65. The predicted octanol–water partition coefficient (Wildman–Crippen LogP) is 2.14. The zero-order chi connectivity index (χ0) is 11.2. The molecule has 0 unspecified atom stereocenters. The molecule has 16 heavy (non-hydrogen) atoms. The van der Waals surface area contributed by atoms with Gasteiger partial charge in [0, 0.05) is 30.0 Å². The second-order valence-electron chi connectivity index (χ2n) is 4.10. The van der Waals surface area contributed by atoms with Gasteiger partial charge in [-0.15, -0.1) is 11.3 Å². The largest absolute Gasteiger partial charge is 0.381 e. The summed E-state index contributed by atoms with van der Waals surface area (Å²) in [6, 6.07) is 4.11. The van der Waals surface area contributed by atoms with Crippen LogP contribution in [0.5, 0.6) is 0 Å². The molecule has 0 bridgehead atoms. The fourth-order valence-corrected chi connectivity index (χ4v) is 2.66. The molecular formula is C12H16N2OS. The van der Waals surface area contributed by atoms with E-state index in [2.05, 4.69) is 11.4 Å². The average molecular weight is 236 g/mol. The van der Waals surface area contributed by atoms with Crippen LogP contribution in [0.3, 0.4) is 0 Å². The third-order valence-electron chi connectivity index (χ3n) is 2.86. The Kier molecular flexibility index (Phi) is 4.34. The average Bonchev–Trinajstić information content (AvgIpc) is 2.78. The molecule has 1 aliphatic rings. The Morgan fingerprint density at radius 1 is 1.50 bits per heavy atom. The maximum absolute atomic E-state index is 8.70. The van der Waals surface area contributed by atoms with E-state index >= 15 is 0 Å². The number of hydrogen-bond acceptors (Lipinski definition) is 4. The third kappa shape index (κ3) is 3.31. The molecule has 1 aromatic rings. The van der Waals surface area contributed by atoms with Crippen LogP contribution in [0.4, 0.5) is 0 Å². The topological polar surface area (TPSA) is 45.0 Å². The maximum atomic E-state index is 8.70. The number of nitrogens with zero attached hydrogens (tertiary/aromatic N) is 1. The quantitative estimate of drug-likeness (QED) is 0.871. The van der Waals surface area contributed by atoms with Crippen molar-refractivity contribution >= 4 is 11.3 Å². The SMILES string of the molecule is N#Cc1csc(CNCC2CCOCC2)c1. The minimum absolute atomic E-state index is 0.754. The van der Waals surface area contributed by atoms with Crippen LogP contribution < -0.4 is 5.32 Å². The van der Waals surface area contributed by atoms with E-state index in [1.54, 1.807) is 11.3 Å². The standard InChI is InChI=1S/C12H16N2OS/c13-6-11-5-12(16-9-11)8-14-7-10-1-3-15-4-2-10/h5,9-10,14H,1-4,7-8H2. The van der Waals surface area contributed by atoms with Gasteiger partial charge in [-0.25, -0.2) is 0 Å². The molecule has 1 aromatic heterocycles. The van der Waals surface area contributed by atoms with E-state index in [1.807, 2.05) is 11.4 Å². The predicted molar refractivity (Wildman–Crippen MR) is 64.3 cm³/mol. The summed E-state index contributed by atoms with van der Waals surface area (Å²) in [6.45, 7) is 3.75. The summed E-state index contributed by atoms with van der Waals surface area (Å²) in [7, 11) is 0. The first kappa shape index (κ1) is 11.6. The van der Waals surface area contributed by atoms with Crippen molar-refractivity contribution in [2.45, 2.75) is 19.4 Å². The Morgan fingerprint density at radius 3 is 3.00 bits per heavy atom. The van der Waals surface area contributed by atoms with Crippen molar-refractivity contribution in [2.75, 3.05) is 19.8 Å². The highest BCUT2D eigenvalue weighted by Gasteiger charge is 2.12. The summed E-state index contributed by atoms with van der Waals surface area (Å²) in [4.78, 5) is 1.24. The number of ether oxygens (including phenoxy) is 1. The lowest BCUT2D eigenvalue weighted by atomic mass is 10.0.